The maximum absolute atomic E-state index is 12.8. The van der Waals surface area contributed by atoms with E-state index in [1.54, 1.807) is 30.3 Å². The number of nitrogens with zero attached hydrogens (tertiary/aromatic N) is 1. The van der Waals surface area contributed by atoms with Crippen LogP contribution >= 0.6 is 11.6 Å². The molecule has 1 amide bonds. The van der Waals surface area contributed by atoms with Crippen LogP contribution in [0.1, 0.15) is 29.6 Å². The number of esters is 1. The lowest BCUT2D eigenvalue weighted by Crippen LogP contribution is -2.30. The van der Waals surface area contributed by atoms with Gasteiger partial charge in [0.1, 0.15) is 5.75 Å². The Hall–Kier alpha value is -2.73. The van der Waals surface area contributed by atoms with Gasteiger partial charge in [-0.2, -0.15) is 0 Å². The minimum atomic E-state index is -0.486. The van der Waals surface area contributed by atoms with E-state index >= 15 is 0 Å². The van der Waals surface area contributed by atoms with E-state index in [4.69, 9.17) is 16.3 Å². The van der Waals surface area contributed by atoms with Crippen molar-refractivity contribution in [3.63, 3.8) is 0 Å². The van der Waals surface area contributed by atoms with Crippen LogP contribution < -0.4 is 15.0 Å². The molecule has 0 saturated carbocycles. The molecule has 1 heterocycles. The highest BCUT2D eigenvalue weighted by Gasteiger charge is 2.17. The van der Waals surface area contributed by atoms with Gasteiger partial charge in [-0.1, -0.05) is 17.7 Å². The Labute approximate surface area is 169 Å². The second-order valence-electron chi connectivity index (χ2n) is 6.56. The first kappa shape index (κ1) is 20.0. The lowest BCUT2D eigenvalue weighted by atomic mass is 10.1. The summed E-state index contributed by atoms with van der Waals surface area (Å²) < 4.78 is 9.90. The predicted octanol–water partition coefficient (Wildman–Crippen LogP) is 4.13. The van der Waals surface area contributed by atoms with Gasteiger partial charge < -0.3 is 19.7 Å². The number of halogens is 1. The van der Waals surface area contributed by atoms with Crippen molar-refractivity contribution in [1.29, 1.82) is 0 Å². The summed E-state index contributed by atoms with van der Waals surface area (Å²) >= 11 is 6.16. The summed E-state index contributed by atoms with van der Waals surface area (Å²) in [7, 11) is 1.29. The molecule has 148 valence electrons. The number of hydrogen-bond donors (Lipinski definition) is 1. The molecule has 2 aromatic rings. The summed E-state index contributed by atoms with van der Waals surface area (Å²) in [6.07, 6.45) is 3.50. The number of ether oxygens (including phenoxy) is 2. The number of anilines is 2. The van der Waals surface area contributed by atoms with Crippen molar-refractivity contribution in [3.05, 3.63) is 53.1 Å². The second kappa shape index (κ2) is 9.46. The molecule has 0 aliphatic carbocycles. The molecule has 6 nitrogen and oxygen atoms in total. The quantitative estimate of drug-likeness (QED) is 0.735. The van der Waals surface area contributed by atoms with Gasteiger partial charge in [-0.25, -0.2) is 4.79 Å². The summed E-state index contributed by atoms with van der Waals surface area (Å²) in [5, 5.41) is 3.52. The summed E-state index contributed by atoms with van der Waals surface area (Å²) in [5.41, 5.74) is 2.07. The van der Waals surface area contributed by atoms with Crippen molar-refractivity contribution in [1.82, 2.24) is 0 Å². The van der Waals surface area contributed by atoms with Crippen LogP contribution in [0.3, 0.4) is 0 Å². The lowest BCUT2D eigenvalue weighted by molar-refractivity contribution is -0.142. The van der Waals surface area contributed by atoms with Gasteiger partial charge in [-0.15, -0.1) is 0 Å². The minimum Gasteiger partial charge on any atom is -0.482 e. The third kappa shape index (κ3) is 5.16. The Balaban J connectivity index is 1.75. The topological polar surface area (TPSA) is 67.9 Å². The number of methoxy groups -OCH3 is 1. The van der Waals surface area contributed by atoms with Gasteiger partial charge in [-0.3, -0.25) is 4.79 Å². The highest BCUT2D eigenvalue weighted by molar-refractivity contribution is 6.31. The van der Waals surface area contributed by atoms with Crippen molar-refractivity contribution >= 4 is 34.9 Å². The third-order valence-corrected chi connectivity index (χ3v) is 4.82. The molecule has 28 heavy (non-hydrogen) atoms. The van der Waals surface area contributed by atoms with E-state index in [-0.39, 0.29) is 12.5 Å². The van der Waals surface area contributed by atoms with E-state index < -0.39 is 5.97 Å². The zero-order chi connectivity index (χ0) is 19.9. The van der Waals surface area contributed by atoms with Crippen LogP contribution in [0, 0.1) is 0 Å². The van der Waals surface area contributed by atoms with Gasteiger partial charge in [-0.05, 0) is 55.7 Å². The van der Waals surface area contributed by atoms with Crippen LogP contribution in [0.25, 0.3) is 0 Å². The predicted molar refractivity (Wildman–Crippen MR) is 109 cm³/mol. The van der Waals surface area contributed by atoms with Crippen LogP contribution in [0.4, 0.5) is 11.4 Å². The van der Waals surface area contributed by atoms with Crippen LogP contribution in [0.2, 0.25) is 5.02 Å². The molecule has 1 N–H and O–H groups in total. The zero-order valence-corrected chi connectivity index (χ0v) is 16.5. The highest BCUT2D eigenvalue weighted by atomic mass is 35.5. The van der Waals surface area contributed by atoms with E-state index in [2.05, 4.69) is 15.0 Å². The Morgan fingerprint density at radius 2 is 1.89 bits per heavy atom. The lowest BCUT2D eigenvalue weighted by Gasteiger charge is -2.30. The SMILES string of the molecule is COC(=O)COc1cccc(C(=O)Nc2cc(Cl)ccc2N2CCCCC2)c1. The Morgan fingerprint density at radius 3 is 2.64 bits per heavy atom. The summed E-state index contributed by atoms with van der Waals surface area (Å²) in [6.45, 7) is 1.71. The number of nitrogens with one attached hydrogen (secondary N) is 1. The number of hydrogen-bond acceptors (Lipinski definition) is 5. The smallest absolute Gasteiger partial charge is 0.343 e. The number of rotatable bonds is 6. The molecular weight excluding hydrogens is 380 g/mol. The van der Waals surface area contributed by atoms with Crippen molar-refractivity contribution in [3.8, 4) is 5.75 Å². The molecule has 2 aromatic carbocycles. The molecule has 7 heteroatoms. The highest BCUT2D eigenvalue weighted by Crippen LogP contribution is 2.31. The molecule has 0 atom stereocenters. The average Bonchev–Trinajstić information content (AvgIpc) is 2.73. The number of carbonyl (C=O) groups excluding carboxylic acids is 2. The van der Waals surface area contributed by atoms with E-state index in [9.17, 15) is 9.59 Å². The largest absolute Gasteiger partial charge is 0.482 e. The fourth-order valence-corrected chi connectivity index (χ4v) is 3.31. The molecule has 1 saturated heterocycles. The standard InChI is InChI=1S/C21H23ClN2O4/c1-27-20(25)14-28-17-7-5-6-15(12-17)21(26)23-18-13-16(22)8-9-19(18)24-10-3-2-4-11-24/h5-9,12-13H,2-4,10-11,14H2,1H3,(H,23,26). The van der Waals surface area contributed by atoms with Crippen molar-refractivity contribution < 1.29 is 19.1 Å². The van der Waals surface area contributed by atoms with E-state index in [1.165, 1.54) is 13.5 Å². The van der Waals surface area contributed by atoms with Crippen molar-refractivity contribution in [2.24, 2.45) is 0 Å². The molecule has 0 aromatic heterocycles. The van der Waals surface area contributed by atoms with Gasteiger partial charge in [0.2, 0.25) is 0 Å². The first-order valence-corrected chi connectivity index (χ1v) is 9.60. The molecule has 0 spiro atoms. The number of amides is 1. The Kier molecular flexibility index (Phi) is 6.76. The molecule has 0 bridgehead atoms. The normalized spacial score (nSPS) is 13.7. The van der Waals surface area contributed by atoms with Crippen molar-refractivity contribution in [2.45, 2.75) is 19.3 Å². The molecule has 1 aliphatic heterocycles. The van der Waals surface area contributed by atoms with E-state index in [0.29, 0.717) is 22.0 Å². The molecule has 0 radical (unpaired) electrons. The Bertz CT molecular complexity index is 850. The van der Waals surface area contributed by atoms with Gasteiger partial charge in [0.15, 0.2) is 6.61 Å². The zero-order valence-electron chi connectivity index (χ0n) is 15.7. The van der Waals surface area contributed by atoms with E-state index in [0.717, 1.165) is 31.6 Å². The third-order valence-electron chi connectivity index (χ3n) is 4.58. The van der Waals surface area contributed by atoms with Gasteiger partial charge >= 0.3 is 5.97 Å². The maximum Gasteiger partial charge on any atom is 0.343 e. The fourth-order valence-electron chi connectivity index (χ4n) is 3.14. The van der Waals surface area contributed by atoms with Crippen LogP contribution in [-0.2, 0) is 9.53 Å². The van der Waals surface area contributed by atoms with Crippen LogP contribution in [-0.4, -0.2) is 38.7 Å². The summed E-state index contributed by atoms with van der Waals surface area (Å²) in [6, 6.07) is 12.2. The minimum absolute atomic E-state index is 0.213. The monoisotopic (exact) mass is 402 g/mol. The number of carbonyl (C=O) groups is 2. The van der Waals surface area contributed by atoms with Crippen molar-refractivity contribution in [2.75, 3.05) is 37.0 Å². The van der Waals surface area contributed by atoms with Gasteiger partial charge in [0, 0.05) is 23.7 Å². The average molecular weight is 403 g/mol. The van der Waals surface area contributed by atoms with Crippen LogP contribution in [0.15, 0.2) is 42.5 Å². The number of piperidine rings is 1. The molecule has 1 fully saturated rings. The molecule has 3 rings (SSSR count). The number of benzene rings is 2. The molecule has 0 unspecified atom stereocenters. The fraction of sp³-hybridized carbons (Fsp3) is 0.333. The van der Waals surface area contributed by atoms with Crippen LogP contribution in [0.5, 0.6) is 5.75 Å². The maximum atomic E-state index is 12.8. The summed E-state index contributed by atoms with van der Waals surface area (Å²) in [4.78, 5) is 26.3. The van der Waals surface area contributed by atoms with Gasteiger partial charge in [0.25, 0.3) is 5.91 Å². The first-order valence-electron chi connectivity index (χ1n) is 9.22. The molecule has 1 aliphatic rings. The van der Waals surface area contributed by atoms with E-state index in [1.807, 2.05) is 12.1 Å². The first-order chi connectivity index (χ1) is 13.6. The molecular formula is C21H23ClN2O4. The second-order valence-corrected chi connectivity index (χ2v) is 6.99. The van der Waals surface area contributed by atoms with Gasteiger partial charge in [0.05, 0.1) is 18.5 Å². The summed E-state index contributed by atoms with van der Waals surface area (Å²) in [5.74, 6) is -0.343. The Morgan fingerprint density at radius 1 is 1.11 bits per heavy atom.